The Bertz CT molecular complexity index is 754. The van der Waals surface area contributed by atoms with Gasteiger partial charge in [-0.1, -0.05) is 0 Å². The molecule has 3 rings (SSSR count). The van der Waals surface area contributed by atoms with Crippen LogP contribution in [0.5, 0.6) is 5.75 Å². The fourth-order valence-corrected chi connectivity index (χ4v) is 1.65. The number of hydrogen-bond donors (Lipinski definition) is 2. The Kier molecular flexibility index (Phi) is 2.37. The average molecular weight is 266 g/mol. The monoisotopic (exact) mass is 266 g/mol. The van der Waals surface area contributed by atoms with Crippen molar-refractivity contribution < 1.29 is 18.3 Å². The molecule has 0 radical (unpaired) electrons. The molecule has 2 N–H and O–H groups in total. The number of nitrogens with zero attached hydrogens (tertiary/aromatic N) is 3. The van der Waals surface area contributed by atoms with Gasteiger partial charge in [0.05, 0.1) is 11.8 Å². The summed E-state index contributed by atoms with van der Waals surface area (Å²) >= 11 is 0. The van der Waals surface area contributed by atoms with Crippen molar-refractivity contribution in [1.82, 2.24) is 19.9 Å². The minimum atomic E-state index is -1.64. The molecule has 8 heteroatoms. The number of aromatic hydroxyl groups is 1. The first-order valence-electron chi connectivity index (χ1n) is 5.10. The van der Waals surface area contributed by atoms with Gasteiger partial charge in [0.25, 0.3) is 0 Å². The van der Waals surface area contributed by atoms with Crippen LogP contribution in [0, 0.1) is 17.5 Å². The second-order valence-electron chi connectivity index (χ2n) is 3.73. The Hall–Kier alpha value is -2.64. The molecule has 0 aliphatic carbocycles. The summed E-state index contributed by atoms with van der Waals surface area (Å²) in [5.74, 6) is -5.78. The summed E-state index contributed by atoms with van der Waals surface area (Å²) in [4.78, 5) is 14.1. The number of halogens is 3. The molecule has 0 saturated carbocycles. The van der Waals surface area contributed by atoms with Gasteiger partial charge in [-0.3, -0.25) is 0 Å². The largest absolute Gasteiger partial charge is 0.503 e. The number of phenolic OH excluding ortho intramolecular Hbond substituents is 1. The SMILES string of the molecule is Oc1c(F)c(F)cc(-c2nc3ncncc3[nH]2)c1F. The van der Waals surface area contributed by atoms with Gasteiger partial charge in [-0.25, -0.2) is 23.7 Å². The van der Waals surface area contributed by atoms with Gasteiger partial charge in [-0.05, 0) is 6.07 Å². The number of fused-ring (bicyclic) bond motifs is 1. The molecule has 96 valence electrons. The molecule has 0 spiro atoms. The molecule has 0 saturated heterocycles. The lowest BCUT2D eigenvalue weighted by atomic mass is 10.1. The van der Waals surface area contributed by atoms with Crippen molar-refractivity contribution in [3.63, 3.8) is 0 Å². The van der Waals surface area contributed by atoms with E-state index in [1.807, 2.05) is 0 Å². The molecule has 0 fully saturated rings. The Morgan fingerprint density at radius 2 is 1.95 bits per heavy atom. The van der Waals surface area contributed by atoms with Crippen LogP contribution in [0.15, 0.2) is 18.6 Å². The molecule has 2 heterocycles. The summed E-state index contributed by atoms with van der Waals surface area (Å²) in [6, 6.07) is 0.607. The Balaban J connectivity index is 2.27. The average Bonchev–Trinajstić information content (AvgIpc) is 2.84. The van der Waals surface area contributed by atoms with Gasteiger partial charge in [0, 0.05) is 0 Å². The first-order chi connectivity index (χ1) is 9.08. The van der Waals surface area contributed by atoms with E-state index in [1.54, 1.807) is 0 Å². The summed E-state index contributed by atoms with van der Waals surface area (Å²) in [5.41, 5.74) is 0.254. The quantitative estimate of drug-likeness (QED) is 0.662. The lowest BCUT2D eigenvalue weighted by Gasteiger charge is -2.03. The molecule has 0 atom stereocenters. The van der Waals surface area contributed by atoms with E-state index < -0.39 is 28.8 Å². The maximum Gasteiger partial charge on any atom is 0.203 e. The van der Waals surface area contributed by atoms with Crippen LogP contribution in [-0.4, -0.2) is 25.0 Å². The van der Waals surface area contributed by atoms with Gasteiger partial charge < -0.3 is 10.1 Å². The number of benzene rings is 1. The Labute approximate surface area is 103 Å². The van der Waals surface area contributed by atoms with E-state index in [9.17, 15) is 13.2 Å². The number of phenols is 1. The first-order valence-corrected chi connectivity index (χ1v) is 5.10. The number of imidazole rings is 1. The van der Waals surface area contributed by atoms with Crippen molar-refractivity contribution in [3.05, 3.63) is 36.0 Å². The molecule has 0 aliphatic heterocycles. The van der Waals surface area contributed by atoms with E-state index in [4.69, 9.17) is 5.11 Å². The zero-order valence-electron chi connectivity index (χ0n) is 9.15. The molecule has 1 aromatic carbocycles. The van der Waals surface area contributed by atoms with Gasteiger partial charge in [-0.2, -0.15) is 4.39 Å². The van der Waals surface area contributed by atoms with Crippen LogP contribution in [0.4, 0.5) is 13.2 Å². The van der Waals surface area contributed by atoms with Gasteiger partial charge in [0.1, 0.15) is 17.7 Å². The highest BCUT2D eigenvalue weighted by Crippen LogP contribution is 2.31. The third-order valence-electron chi connectivity index (χ3n) is 2.55. The van der Waals surface area contributed by atoms with Crippen LogP contribution in [0.1, 0.15) is 0 Å². The highest BCUT2D eigenvalue weighted by atomic mass is 19.2. The predicted octanol–water partition coefficient (Wildman–Crippen LogP) is 2.14. The smallest absolute Gasteiger partial charge is 0.203 e. The van der Waals surface area contributed by atoms with Gasteiger partial charge in [0.15, 0.2) is 23.0 Å². The molecule has 5 nitrogen and oxygen atoms in total. The molecular weight excluding hydrogens is 261 g/mol. The van der Waals surface area contributed by atoms with Gasteiger partial charge in [-0.15, -0.1) is 0 Å². The Morgan fingerprint density at radius 1 is 1.16 bits per heavy atom. The fraction of sp³-hybridized carbons (Fsp3) is 0. The van der Waals surface area contributed by atoms with E-state index >= 15 is 0 Å². The zero-order chi connectivity index (χ0) is 13.6. The van der Waals surface area contributed by atoms with Crippen LogP contribution >= 0.6 is 0 Å². The predicted molar refractivity (Wildman–Crippen MR) is 58.7 cm³/mol. The molecule has 0 unspecified atom stereocenters. The summed E-state index contributed by atoms with van der Waals surface area (Å²) in [7, 11) is 0. The Morgan fingerprint density at radius 3 is 2.68 bits per heavy atom. The van der Waals surface area contributed by atoms with Crippen LogP contribution in [0.3, 0.4) is 0 Å². The maximum absolute atomic E-state index is 13.7. The first kappa shape index (κ1) is 11.5. The van der Waals surface area contributed by atoms with Gasteiger partial charge in [0.2, 0.25) is 5.82 Å². The van der Waals surface area contributed by atoms with E-state index in [0.29, 0.717) is 11.6 Å². The van der Waals surface area contributed by atoms with Crippen molar-refractivity contribution in [2.24, 2.45) is 0 Å². The normalized spacial score (nSPS) is 11.1. The summed E-state index contributed by atoms with van der Waals surface area (Å²) < 4.78 is 39.9. The maximum atomic E-state index is 13.7. The van der Waals surface area contributed by atoms with E-state index in [1.165, 1.54) is 12.5 Å². The lowest BCUT2D eigenvalue weighted by molar-refractivity contribution is 0.377. The van der Waals surface area contributed by atoms with Crippen LogP contribution in [0.25, 0.3) is 22.6 Å². The third kappa shape index (κ3) is 1.68. The van der Waals surface area contributed by atoms with Crippen molar-refractivity contribution in [2.45, 2.75) is 0 Å². The van der Waals surface area contributed by atoms with Crippen molar-refractivity contribution in [1.29, 1.82) is 0 Å². The zero-order valence-corrected chi connectivity index (χ0v) is 9.15. The number of H-pyrrole nitrogens is 1. The molecule has 0 aliphatic rings. The second kappa shape index (κ2) is 3.94. The summed E-state index contributed by atoms with van der Waals surface area (Å²) in [5, 5.41) is 9.14. The highest BCUT2D eigenvalue weighted by Gasteiger charge is 2.21. The summed E-state index contributed by atoms with van der Waals surface area (Å²) in [6.07, 6.45) is 2.64. The molecule has 3 aromatic rings. The van der Waals surface area contributed by atoms with Crippen molar-refractivity contribution in [2.75, 3.05) is 0 Å². The van der Waals surface area contributed by atoms with Crippen LogP contribution < -0.4 is 0 Å². The van der Waals surface area contributed by atoms with Gasteiger partial charge >= 0.3 is 0 Å². The number of rotatable bonds is 1. The van der Waals surface area contributed by atoms with E-state index in [0.717, 1.165) is 0 Å². The minimum Gasteiger partial charge on any atom is -0.503 e. The van der Waals surface area contributed by atoms with Crippen molar-refractivity contribution in [3.8, 4) is 17.1 Å². The molecule has 0 bridgehead atoms. The van der Waals surface area contributed by atoms with Crippen LogP contribution in [0.2, 0.25) is 0 Å². The van der Waals surface area contributed by atoms with Crippen LogP contribution in [-0.2, 0) is 0 Å². The number of aromatic nitrogens is 4. The minimum absolute atomic E-state index is 0.0813. The topological polar surface area (TPSA) is 74.7 Å². The number of nitrogens with one attached hydrogen (secondary N) is 1. The standard InChI is InChI=1S/C11H5F3N4O/c12-5-1-4(7(13)9(19)8(5)14)10-17-6-2-15-3-16-11(6)18-10/h1-3,19H,(H,15,16,17,18). The summed E-state index contributed by atoms with van der Waals surface area (Å²) in [6.45, 7) is 0. The fourth-order valence-electron chi connectivity index (χ4n) is 1.65. The molecular formula is C11H5F3N4O. The van der Waals surface area contributed by atoms with E-state index in [-0.39, 0.29) is 11.5 Å². The highest BCUT2D eigenvalue weighted by molar-refractivity contribution is 5.75. The number of aromatic amines is 1. The van der Waals surface area contributed by atoms with Crippen molar-refractivity contribution >= 4 is 11.2 Å². The van der Waals surface area contributed by atoms with E-state index in [2.05, 4.69) is 19.9 Å². The molecule has 19 heavy (non-hydrogen) atoms. The lowest BCUT2D eigenvalue weighted by Crippen LogP contribution is -1.94. The molecule has 0 amide bonds. The second-order valence-corrected chi connectivity index (χ2v) is 3.73. The number of hydrogen-bond acceptors (Lipinski definition) is 4. The third-order valence-corrected chi connectivity index (χ3v) is 2.55. The molecule has 2 aromatic heterocycles.